The second-order valence-corrected chi connectivity index (χ2v) is 7.37. The number of hydrogen-bond donors (Lipinski definition) is 1. The Labute approximate surface area is 123 Å². The Morgan fingerprint density at radius 1 is 1.10 bits per heavy atom. The normalized spacial score (nSPS) is 24.5. The first-order valence-electron chi connectivity index (χ1n) is 6.71. The first-order chi connectivity index (χ1) is 10.1. The number of benzene rings is 2. The zero-order valence-electron chi connectivity index (χ0n) is 11.3. The number of carboxylic acid groups (broad SMARTS) is 1. The molecule has 0 amide bonds. The maximum absolute atomic E-state index is 12.9. The second kappa shape index (κ2) is 5.33. The van der Waals surface area contributed by atoms with Crippen LogP contribution in [0.4, 0.5) is 0 Å². The minimum absolute atomic E-state index is 0.0437. The van der Waals surface area contributed by atoms with Crippen LogP contribution in [0.1, 0.15) is 28.4 Å². The molecule has 1 aliphatic heterocycles. The third-order valence-electron chi connectivity index (χ3n) is 3.62. The largest absolute Gasteiger partial charge is 0.478 e. The van der Waals surface area contributed by atoms with Gasteiger partial charge in [-0.05, 0) is 36.2 Å². The maximum atomic E-state index is 12.9. The van der Waals surface area contributed by atoms with E-state index in [-0.39, 0.29) is 11.6 Å². The molecule has 21 heavy (non-hydrogen) atoms. The standard InChI is InChI=1S/C16H15NO3S/c18-16(19)13-6-8-14(9-7-13)21(20)11-10-15(17-21)12-4-2-1-3-5-12/h1-9,15H,10-11H2,(H,18,19)/t15-,21+/m1/s1. The van der Waals surface area contributed by atoms with E-state index in [9.17, 15) is 9.00 Å². The van der Waals surface area contributed by atoms with E-state index in [0.29, 0.717) is 10.6 Å². The van der Waals surface area contributed by atoms with Crippen molar-refractivity contribution in [3.8, 4) is 0 Å². The molecule has 0 fully saturated rings. The van der Waals surface area contributed by atoms with Gasteiger partial charge < -0.3 is 5.11 Å². The minimum atomic E-state index is -2.44. The summed E-state index contributed by atoms with van der Waals surface area (Å²) in [6, 6.07) is 16.0. The zero-order chi connectivity index (χ0) is 14.9. The fourth-order valence-electron chi connectivity index (χ4n) is 2.47. The Balaban J connectivity index is 1.94. The van der Waals surface area contributed by atoms with Gasteiger partial charge in [0.05, 0.1) is 21.3 Å². The summed E-state index contributed by atoms with van der Waals surface area (Å²) < 4.78 is 17.5. The highest BCUT2D eigenvalue weighted by molar-refractivity contribution is 7.93. The fourth-order valence-corrected chi connectivity index (χ4v) is 4.68. The van der Waals surface area contributed by atoms with E-state index >= 15 is 0 Å². The quantitative estimate of drug-likeness (QED) is 0.945. The summed E-state index contributed by atoms with van der Waals surface area (Å²) in [6.45, 7) is 0. The van der Waals surface area contributed by atoms with Crippen LogP contribution in [-0.2, 0) is 9.73 Å². The van der Waals surface area contributed by atoms with E-state index in [0.717, 1.165) is 12.0 Å². The van der Waals surface area contributed by atoms with Crippen LogP contribution in [0.15, 0.2) is 63.9 Å². The van der Waals surface area contributed by atoms with Gasteiger partial charge in [0.15, 0.2) is 0 Å². The predicted molar refractivity (Wildman–Crippen MR) is 80.9 cm³/mol. The Morgan fingerprint density at radius 2 is 1.76 bits per heavy atom. The van der Waals surface area contributed by atoms with Crippen molar-refractivity contribution in [2.75, 3.05) is 5.75 Å². The van der Waals surface area contributed by atoms with E-state index in [4.69, 9.17) is 5.11 Å². The molecule has 0 radical (unpaired) electrons. The van der Waals surface area contributed by atoms with Gasteiger partial charge in [0.2, 0.25) is 0 Å². The fraction of sp³-hybridized carbons (Fsp3) is 0.188. The smallest absolute Gasteiger partial charge is 0.335 e. The van der Waals surface area contributed by atoms with Gasteiger partial charge in [-0.2, -0.15) is 0 Å². The molecule has 0 aliphatic carbocycles. The van der Waals surface area contributed by atoms with Gasteiger partial charge in [0.1, 0.15) is 0 Å². The molecule has 5 heteroatoms. The lowest BCUT2D eigenvalue weighted by Gasteiger charge is -2.05. The first-order valence-corrected chi connectivity index (χ1v) is 8.39. The van der Waals surface area contributed by atoms with Gasteiger partial charge in [-0.15, -0.1) is 0 Å². The van der Waals surface area contributed by atoms with E-state index in [1.165, 1.54) is 12.1 Å². The molecule has 2 aromatic carbocycles. The van der Waals surface area contributed by atoms with E-state index in [2.05, 4.69) is 4.36 Å². The Morgan fingerprint density at radius 3 is 2.38 bits per heavy atom. The topological polar surface area (TPSA) is 66.7 Å². The number of carboxylic acids is 1. The summed E-state index contributed by atoms with van der Waals surface area (Å²) in [7, 11) is -2.44. The average Bonchev–Trinajstić information content (AvgIpc) is 2.92. The molecule has 4 nitrogen and oxygen atoms in total. The van der Waals surface area contributed by atoms with Crippen LogP contribution in [0, 0.1) is 0 Å². The number of rotatable bonds is 3. The highest BCUT2D eigenvalue weighted by atomic mass is 32.2. The van der Waals surface area contributed by atoms with Crippen molar-refractivity contribution < 1.29 is 14.1 Å². The van der Waals surface area contributed by atoms with Crippen molar-refractivity contribution in [2.45, 2.75) is 17.4 Å². The molecule has 108 valence electrons. The van der Waals surface area contributed by atoms with Crippen molar-refractivity contribution in [3.05, 3.63) is 65.7 Å². The maximum Gasteiger partial charge on any atom is 0.335 e. The molecule has 3 rings (SSSR count). The third kappa shape index (κ3) is 2.69. The minimum Gasteiger partial charge on any atom is -0.478 e. The van der Waals surface area contributed by atoms with Crippen LogP contribution in [0.2, 0.25) is 0 Å². The van der Waals surface area contributed by atoms with Crippen LogP contribution in [0.5, 0.6) is 0 Å². The number of nitrogens with zero attached hydrogens (tertiary/aromatic N) is 1. The Kier molecular flexibility index (Phi) is 3.51. The molecule has 0 bridgehead atoms. The predicted octanol–water partition coefficient (Wildman–Crippen LogP) is 3.36. The summed E-state index contributed by atoms with van der Waals surface area (Å²) >= 11 is 0. The number of aromatic carboxylic acids is 1. The monoisotopic (exact) mass is 301 g/mol. The molecular weight excluding hydrogens is 286 g/mol. The van der Waals surface area contributed by atoms with Crippen molar-refractivity contribution >= 4 is 15.7 Å². The third-order valence-corrected chi connectivity index (χ3v) is 6.01. The molecule has 0 saturated carbocycles. The van der Waals surface area contributed by atoms with Crippen LogP contribution < -0.4 is 0 Å². The number of carbonyl (C=O) groups is 1. The molecule has 1 aliphatic rings. The lowest BCUT2D eigenvalue weighted by molar-refractivity contribution is 0.0697. The molecule has 0 spiro atoms. The number of hydrogen-bond acceptors (Lipinski definition) is 3. The van der Waals surface area contributed by atoms with Crippen LogP contribution in [0.25, 0.3) is 0 Å². The van der Waals surface area contributed by atoms with Crippen molar-refractivity contribution in [2.24, 2.45) is 4.36 Å². The van der Waals surface area contributed by atoms with Crippen LogP contribution in [0.3, 0.4) is 0 Å². The molecule has 1 N–H and O–H groups in total. The highest BCUT2D eigenvalue weighted by Crippen LogP contribution is 2.33. The average molecular weight is 301 g/mol. The summed E-state index contributed by atoms with van der Waals surface area (Å²) in [6.07, 6.45) is 0.754. The molecule has 0 unspecified atom stereocenters. The van der Waals surface area contributed by atoms with Gasteiger partial charge in [0, 0.05) is 10.6 Å². The van der Waals surface area contributed by atoms with Crippen LogP contribution >= 0.6 is 0 Å². The highest BCUT2D eigenvalue weighted by Gasteiger charge is 2.25. The van der Waals surface area contributed by atoms with Crippen molar-refractivity contribution in [1.29, 1.82) is 0 Å². The molecule has 0 saturated heterocycles. The van der Waals surface area contributed by atoms with Crippen molar-refractivity contribution in [1.82, 2.24) is 0 Å². The molecule has 2 atom stereocenters. The summed E-state index contributed by atoms with van der Waals surface area (Å²) in [4.78, 5) is 11.5. The molecular formula is C16H15NO3S. The molecule has 2 aromatic rings. The Hall–Kier alpha value is -2.14. The van der Waals surface area contributed by atoms with Gasteiger partial charge >= 0.3 is 5.97 Å². The van der Waals surface area contributed by atoms with E-state index in [1.807, 2.05) is 30.3 Å². The molecule has 1 heterocycles. The summed E-state index contributed by atoms with van der Waals surface area (Å²) in [5.41, 5.74) is 1.27. The van der Waals surface area contributed by atoms with E-state index < -0.39 is 15.7 Å². The van der Waals surface area contributed by atoms with Crippen molar-refractivity contribution in [3.63, 3.8) is 0 Å². The summed E-state index contributed by atoms with van der Waals surface area (Å²) in [5, 5.41) is 8.90. The lowest BCUT2D eigenvalue weighted by atomic mass is 10.1. The summed E-state index contributed by atoms with van der Waals surface area (Å²) in [5.74, 6) is -0.471. The molecule has 0 aromatic heterocycles. The van der Waals surface area contributed by atoms with Crippen LogP contribution in [-0.4, -0.2) is 21.0 Å². The SMILES string of the molecule is O=C(O)c1ccc([S@]2(=O)=N[C@@H](c3ccccc3)CC2)cc1. The lowest BCUT2D eigenvalue weighted by Crippen LogP contribution is -2.02. The van der Waals surface area contributed by atoms with E-state index in [1.54, 1.807) is 12.1 Å². The van der Waals surface area contributed by atoms with Gasteiger partial charge in [0.25, 0.3) is 0 Å². The van der Waals surface area contributed by atoms with Gasteiger partial charge in [-0.25, -0.2) is 13.4 Å². The zero-order valence-corrected chi connectivity index (χ0v) is 12.1. The Bertz CT molecular complexity index is 775. The van der Waals surface area contributed by atoms with Gasteiger partial charge in [-0.3, -0.25) is 0 Å². The second-order valence-electron chi connectivity index (χ2n) is 4.99. The first kappa shape index (κ1) is 13.8. The van der Waals surface area contributed by atoms with Gasteiger partial charge in [-0.1, -0.05) is 30.3 Å².